The lowest BCUT2D eigenvalue weighted by atomic mass is 10.1. The predicted molar refractivity (Wildman–Crippen MR) is 56.3 cm³/mol. The first-order valence-electron chi connectivity index (χ1n) is 4.72. The van der Waals surface area contributed by atoms with Crippen LogP contribution in [-0.4, -0.2) is 19.1 Å². The highest BCUT2D eigenvalue weighted by Crippen LogP contribution is 2.15. The van der Waals surface area contributed by atoms with Gasteiger partial charge in [-0.05, 0) is 12.0 Å². The Kier molecular flexibility index (Phi) is 3.93. The molecule has 1 unspecified atom stereocenters. The molecule has 0 radical (unpaired) electrons. The SMILES string of the molecule is CCC(NN(C)C)c1ccccc1. The van der Waals surface area contributed by atoms with E-state index in [0.29, 0.717) is 6.04 Å². The Balaban J connectivity index is 2.67. The Labute approximate surface area is 80.5 Å². The molecule has 1 atom stereocenters. The van der Waals surface area contributed by atoms with Crippen LogP contribution in [0.1, 0.15) is 24.9 Å². The summed E-state index contributed by atoms with van der Waals surface area (Å²) < 4.78 is 0. The van der Waals surface area contributed by atoms with E-state index >= 15 is 0 Å². The highest BCUT2D eigenvalue weighted by atomic mass is 15.5. The highest BCUT2D eigenvalue weighted by molar-refractivity contribution is 5.18. The van der Waals surface area contributed by atoms with Gasteiger partial charge in [0.1, 0.15) is 0 Å². The van der Waals surface area contributed by atoms with Crippen molar-refractivity contribution < 1.29 is 0 Å². The van der Waals surface area contributed by atoms with Crippen molar-refractivity contribution in [1.82, 2.24) is 10.4 Å². The van der Waals surface area contributed by atoms with Gasteiger partial charge >= 0.3 is 0 Å². The van der Waals surface area contributed by atoms with Crippen molar-refractivity contribution in [3.05, 3.63) is 35.9 Å². The second-order valence-electron chi connectivity index (χ2n) is 3.40. The van der Waals surface area contributed by atoms with Crippen LogP contribution in [0.15, 0.2) is 30.3 Å². The van der Waals surface area contributed by atoms with Gasteiger partial charge in [0.25, 0.3) is 0 Å². The van der Waals surface area contributed by atoms with Gasteiger partial charge in [0.05, 0.1) is 0 Å². The smallest absolute Gasteiger partial charge is 0.0461 e. The van der Waals surface area contributed by atoms with Gasteiger partial charge in [-0.1, -0.05) is 37.3 Å². The lowest BCUT2D eigenvalue weighted by Gasteiger charge is -2.22. The zero-order valence-electron chi connectivity index (χ0n) is 8.62. The van der Waals surface area contributed by atoms with E-state index in [-0.39, 0.29) is 0 Å². The summed E-state index contributed by atoms with van der Waals surface area (Å²) in [5, 5.41) is 2.00. The normalized spacial score (nSPS) is 13.2. The van der Waals surface area contributed by atoms with Crippen LogP contribution in [0.5, 0.6) is 0 Å². The number of hydrogen-bond donors (Lipinski definition) is 1. The number of nitrogens with one attached hydrogen (secondary N) is 1. The van der Waals surface area contributed by atoms with E-state index in [9.17, 15) is 0 Å². The number of hydrazine groups is 1. The lowest BCUT2D eigenvalue weighted by molar-refractivity contribution is 0.239. The third-order valence-corrected chi connectivity index (χ3v) is 2.02. The molecule has 0 saturated carbocycles. The van der Waals surface area contributed by atoms with Crippen molar-refractivity contribution in [2.75, 3.05) is 14.1 Å². The third kappa shape index (κ3) is 3.17. The van der Waals surface area contributed by atoms with Gasteiger partial charge in [-0.2, -0.15) is 0 Å². The van der Waals surface area contributed by atoms with Crippen molar-refractivity contribution in [2.45, 2.75) is 19.4 Å². The molecule has 0 aliphatic rings. The number of rotatable bonds is 4. The van der Waals surface area contributed by atoms with Crippen molar-refractivity contribution in [3.8, 4) is 0 Å². The summed E-state index contributed by atoms with van der Waals surface area (Å²) in [6.07, 6.45) is 1.10. The van der Waals surface area contributed by atoms with Gasteiger partial charge in [0.2, 0.25) is 0 Å². The van der Waals surface area contributed by atoms with E-state index in [1.165, 1.54) is 5.56 Å². The zero-order chi connectivity index (χ0) is 9.68. The molecule has 2 nitrogen and oxygen atoms in total. The van der Waals surface area contributed by atoms with Crippen molar-refractivity contribution in [2.24, 2.45) is 0 Å². The number of nitrogens with zero attached hydrogens (tertiary/aromatic N) is 1. The first kappa shape index (κ1) is 10.2. The molecule has 1 aromatic carbocycles. The van der Waals surface area contributed by atoms with E-state index in [4.69, 9.17) is 0 Å². The first-order valence-corrected chi connectivity index (χ1v) is 4.72. The Hall–Kier alpha value is -0.860. The van der Waals surface area contributed by atoms with Crippen LogP contribution in [0.3, 0.4) is 0 Å². The van der Waals surface area contributed by atoms with Crippen LogP contribution in [-0.2, 0) is 0 Å². The molecular formula is C11H18N2. The highest BCUT2D eigenvalue weighted by Gasteiger charge is 2.07. The number of benzene rings is 1. The molecular weight excluding hydrogens is 160 g/mol. The molecule has 0 aromatic heterocycles. The van der Waals surface area contributed by atoms with Gasteiger partial charge in [0, 0.05) is 20.1 Å². The summed E-state index contributed by atoms with van der Waals surface area (Å²) in [6.45, 7) is 2.19. The average Bonchev–Trinajstić information content (AvgIpc) is 2.15. The monoisotopic (exact) mass is 178 g/mol. The van der Waals surface area contributed by atoms with Crippen LogP contribution in [0.4, 0.5) is 0 Å². The van der Waals surface area contributed by atoms with Crippen molar-refractivity contribution >= 4 is 0 Å². The van der Waals surface area contributed by atoms with E-state index in [1.54, 1.807) is 0 Å². The maximum absolute atomic E-state index is 3.38. The molecule has 1 rings (SSSR count). The molecule has 0 saturated heterocycles. The van der Waals surface area contributed by atoms with Gasteiger partial charge in [-0.25, -0.2) is 5.43 Å². The fraction of sp³-hybridized carbons (Fsp3) is 0.455. The van der Waals surface area contributed by atoms with Gasteiger partial charge in [0.15, 0.2) is 0 Å². The van der Waals surface area contributed by atoms with E-state index in [0.717, 1.165) is 6.42 Å². The first-order chi connectivity index (χ1) is 6.24. The lowest BCUT2D eigenvalue weighted by Crippen LogP contribution is -2.33. The summed E-state index contributed by atoms with van der Waals surface area (Å²) in [6, 6.07) is 10.9. The molecule has 0 heterocycles. The zero-order valence-corrected chi connectivity index (χ0v) is 8.62. The second kappa shape index (κ2) is 5.00. The maximum Gasteiger partial charge on any atom is 0.0461 e. The topological polar surface area (TPSA) is 15.3 Å². The molecule has 72 valence electrons. The molecule has 0 fully saturated rings. The summed E-state index contributed by atoms with van der Waals surface area (Å²) >= 11 is 0. The summed E-state index contributed by atoms with van der Waals surface area (Å²) in [5.41, 5.74) is 4.73. The molecule has 0 spiro atoms. The third-order valence-electron chi connectivity index (χ3n) is 2.02. The largest absolute Gasteiger partial charge is 0.250 e. The van der Waals surface area contributed by atoms with E-state index in [1.807, 2.05) is 25.2 Å². The standard InChI is InChI=1S/C11H18N2/c1-4-11(12-13(2)3)10-8-6-5-7-9-10/h5-9,11-12H,4H2,1-3H3. The maximum atomic E-state index is 3.38. The molecule has 2 heteroatoms. The van der Waals surface area contributed by atoms with E-state index in [2.05, 4.69) is 36.6 Å². The van der Waals surface area contributed by atoms with E-state index < -0.39 is 0 Å². The minimum absolute atomic E-state index is 0.427. The average molecular weight is 178 g/mol. The summed E-state index contributed by atoms with van der Waals surface area (Å²) in [5.74, 6) is 0. The predicted octanol–water partition coefficient (Wildman–Crippen LogP) is 2.20. The van der Waals surface area contributed by atoms with Crippen LogP contribution in [0.2, 0.25) is 0 Å². The van der Waals surface area contributed by atoms with Gasteiger partial charge in [-0.3, -0.25) is 5.01 Å². The molecule has 1 N–H and O–H groups in total. The molecule has 0 aliphatic heterocycles. The quantitative estimate of drug-likeness (QED) is 0.711. The molecule has 0 aliphatic carbocycles. The van der Waals surface area contributed by atoms with Crippen LogP contribution >= 0.6 is 0 Å². The fourth-order valence-electron chi connectivity index (χ4n) is 1.40. The Morgan fingerprint density at radius 1 is 1.23 bits per heavy atom. The molecule has 0 amide bonds. The van der Waals surface area contributed by atoms with Gasteiger partial charge < -0.3 is 0 Å². The Morgan fingerprint density at radius 3 is 2.31 bits per heavy atom. The summed E-state index contributed by atoms with van der Waals surface area (Å²) in [4.78, 5) is 0. The summed E-state index contributed by atoms with van der Waals surface area (Å²) in [7, 11) is 4.04. The van der Waals surface area contributed by atoms with Crippen molar-refractivity contribution in [3.63, 3.8) is 0 Å². The Morgan fingerprint density at radius 2 is 1.85 bits per heavy atom. The van der Waals surface area contributed by atoms with Gasteiger partial charge in [-0.15, -0.1) is 0 Å². The molecule has 0 bridgehead atoms. The van der Waals surface area contributed by atoms with Crippen LogP contribution < -0.4 is 5.43 Å². The molecule has 13 heavy (non-hydrogen) atoms. The minimum Gasteiger partial charge on any atom is -0.250 e. The second-order valence-corrected chi connectivity index (χ2v) is 3.40. The Bertz CT molecular complexity index is 231. The van der Waals surface area contributed by atoms with Crippen LogP contribution in [0, 0.1) is 0 Å². The number of hydrogen-bond acceptors (Lipinski definition) is 2. The molecule has 1 aromatic rings. The minimum atomic E-state index is 0.427. The van der Waals surface area contributed by atoms with Crippen molar-refractivity contribution in [1.29, 1.82) is 0 Å². The van der Waals surface area contributed by atoms with Crippen LogP contribution in [0.25, 0.3) is 0 Å². The fourth-order valence-corrected chi connectivity index (χ4v) is 1.40.